The number of aromatic nitrogens is 1. The molecule has 1 aliphatic rings. The topological polar surface area (TPSA) is 25.2 Å². The summed E-state index contributed by atoms with van der Waals surface area (Å²) in [5, 5.41) is 1.24. The van der Waals surface area contributed by atoms with E-state index in [1.54, 1.807) is 0 Å². The second kappa shape index (κ2) is 4.84. The largest absolute Gasteiger partial charge is 0.347 e. The van der Waals surface area contributed by atoms with Gasteiger partial charge in [0, 0.05) is 37.8 Å². The van der Waals surface area contributed by atoms with Crippen molar-refractivity contribution in [3.63, 3.8) is 0 Å². The molecule has 18 heavy (non-hydrogen) atoms. The van der Waals surface area contributed by atoms with Gasteiger partial charge in [-0.15, -0.1) is 0 Å². The number of hydrogen-bond donors (Lipinski definition) is 0. The molecule has 94 valence electrons. The molecular weight excluding hydrogens is 224 g/mol. The van der Waals surface area contributed by atoms with Crippen LogP contribution in [0.1, 0.15) is 19.3 Å². The number of carbonyl (C=O) groups is 1. The van der Waals surface area contributed by atoms with Gasteiger partial charge in [0.2, 0.25) is 5.91 Å². The van der Waals surface area contributed by atoms with Crippen LogP contribution in [-0.2, 0) is 11.3 Å². The molecule has 3 heteroatoms. The number of likely N-dealkylation sites (tertiary alicyclic amines) is 1. The smallest absolute Gasteiger partial charge is 0.224 e. The lowest BCUT2D eigenvalue weighted by Crippen LogP contribution is -2.28. The summed E-state index contributed by atoms with van der Waals surface area (Å²) < 4.78 is 2.17. The Kier molecular flexibility index (Phi) is 3.05. The number of benzene rings is 1. The highest BCUT2D eigenvalue weighted by molar-refractivity contribution is 5.80. The average molecular weight is 242 g/mol. The van der Waals surface area contributed by atoms with Crippen LogP contribution >= 0.6 is 0 Å². The second-order valence-corrected chi connectivity index (χ2v) is 4.91. The molecule has 0 N–H and O–H groups in total. The minimum Gasteiger partial charge on any atom is -0.347 e. The van der Waals surface area contributed by atoms with Crippen LogP contribution in [0.3, 0.4) is 0 Å². The summed E-state index contributed by atoms with van der Waals surface area (Å²) in [5.74, 6) is 0.297. The summed E-state index contributed by atoms with van der Waals surface area (Å²) in [7, 11) is 0. The molecule has 0 saturated carbocycles. The van der Waals surface area contributed by atoms with E-state index in [0.717, 1.165) is 32.5 Å². The first-order valence-corrected chi connectivity index (χ1v) is 6.66. The van der Waals surface area contributed by atoms with Gasteiger partial charge in [0.15, 0.2) is 0 Å². The zero-order valence-electron chi connectivity index (χ0n) is 10.5. The van der Waals surface area contributed by atoms with Gasteiger partial charge in [0.25, 0.3) is 0 Å². The number of hydrogen-bond acceptors (Lipinski definition) is 1. The van der Waals surface area contributed by atoms with Crippen LogP contribution in [0.5, 0.6) is 0 Å². The van der Waals surface area contributed by atoms with E-state index < -0.39 is 0 Å². The highest BCUT2D eigenvalue weighted by Gasteiger charge is 2.17. The second-order valence-electron chi connectivity index (χ2n) is 4.91. The molecule has 3 nitrogen and oxygen atoms in total. The third-order valence-electron chi connectivity index (χ3n) is 3.71. The number of fused-ring (bicyclic) bond motifs is 1. The molecule has 0 unspecified atom stereocenters. The van der Waals surface area contributed by atoms with Crippen molar-refractivity contribution in [1.82, 2.24) is 9.47 Å². The maximum Gasteiger partial charge on any atom is 0.224 e. The Morgan fingerprint density at radius 3 is 2.72 bits per heavy atom. The standard InChI is InChI=1S/C15H18N2O/c18-15(17-9-3-4-10-17)8-12-16-11-7-13-5-1-2-6-14(13)16/h1-2,5-7,11H,3-4,8-10,12H2. The molecule has 1 aromatic carbocycles. The fraction of sp³-hybridized carbons (Fsp3) is 0.400. The quantitative estimate of drug-likeness (QED) is 0.812. The van der Waals surface area contributed by atoms with E-state index >= 15 is 0 Å². The molecule has 1 aromatic heterocycles. The summed E-state index contributed by atoms with van der Waals surface area (Å²) >= 11 is 0. The normalized spacial score (nSPS) is 15.4. The molecule has 0 spiro atoms. The third kappa shape index (κ3) is 2.13. The van der Waals surface area contributed by atoms with Crippen molar-refractivity contribution >= 4 is 16.8 Å². The molecule has 2 aromatic rings. The highest BCUT2D eigenvalue weighted by atomic mass is 16.2. The van der Waals surface area contributed by atoms with Gasteiger partial charge in [0.1, 0.15) is 0 Å². The Balaban J connectivity index is 1.67. The number of para-hydroxylation sites is 1. The average Bonchev–Trinajstić information content (AvgIpc) is 3.06. The summed E-state index contributed by atoms with van der Waals surface area (Å²) in [6.07, 6.45) is 5.01. The van der Waals surface area contributed by atoms with E-state index in [0.29, 0.717) is 12.3 Å². The molecule has 0 bridgehead atoms. The van der Waals surface area contributed by atoms with Gasteiger partial charge >= 0.3 is 0 Å². The number of nitrogens with zero attached hydrogens (tertiary/aromatic N) is 2. The van der Waals surface area contributed by atoms with Crippen molar-refractivity contribution in [2.24, 2.45) is 0 Å². The molecule has 1 saturated heterocycles. The maximum absolute atomic E-state index is 12.0. The zero-order valence-corrected chi connectivity index (χ0v) is 10.5. The zero-order chi connectivity index (χ0) is 12.4. The molecule has 0 radical (unpaired) electrons. The van der Waals surface area contributed by atoms with Crippen LogP contribution in [-0.4, -0.2) is 28.5 Å². The molecule has 3 rings (SSSR count). The maximum atomic E-state index is 12.0. The van der Waals surface area contributed by atoms with Crippen molar-refractivity contribution in [3.8, 4) is 0 Å². The van der Waals surface area contributed by atoms with Gasteiger partial charge in [-0.1, -0.05) is 18.2 Å². The first-order chi connectivity index (χ1) is 8.84. The van der Waals surface area contributed by atoms with Crippen LogP contribution in [0, 0.1) is 0 Å². The predicted octanol–water partition coefficient (Wildman–Crippen LogP) is 2.65. The van der Waals surface area contributed by atoms with Gasteiger partial charge in [-0.2, -0.15) is 0 Å². The van der Waals surface area contributed by atoms with Crippen molar-refractivity contribution < 1.29 is 4.79 Å². The van der Waals surface area contributed by atoms with Crippen LogP contribution in [0.25, 0.3) is 10.9 Å². The number of amides is 1. The summed E-state index contributed by atoms with van der Waals surface area (Å²) in [5.41, 5.74) is 1.21. The van der Waals surface area contributed by atoms with E-state index in [2.05, 4.69) is 29.0 Å². The lowest BCUT2D eigenvalue weighted by molar-refractivity contribution is -0.130. The van der Waals surface area contributed by atoms with Crippen LogP contribution in [0.15, 0.2) is 36.5 Å². The molecule has 1 fully saturated rings. The predicted molar refractivity (Wildman–Crippen MR) is 72.4 cm³/mol. The Morgan fingerprint density at radius 2 is 1.89 bits per heavy atom. The van der Waals surface area contributed by atoms with Crippen molar-refractivity contribution in [3.05, 3.63) is 36.5 Å². The number of rotatable bonds is 3. The molecule has 2 heterocycles. The monoisotopic (exact) mass is 242 g/mol. The van der Waals surface area contributed by atoms with Crippen LogP contribution in [0.2, 0.25) is 0 Å². The van der Waals surface area contributed by atoms with E-state index in [1.807, 2.05) is 17.0 Å². The molecule has 1 amide bonds. The first kappa shape index (κ1) is 11.3. The Morgan fingerprint density at radius 1 is 1.11 bits per heavy atom. The van der Waals surface area contributed by atoms with Crippen molar-refractivity contribution in [1.29, 1.82) is 0 Å². The van der Waals surface area contributed by atoms with Crippen molar-refractivity contribution in [2.45, 2.75) is 25.8 Å². The van der Waals surface area contributed by atoms with Gasteiger partial charge in [-0.25, -0.2) is 0 Å². The molecule has 0 aliphatic carbocycles. The molecule has 1 aliphatic heterocycles. The van der Waals surface area contributed by atoms with E-state index in [9.17, 15) is 4.79 Å². The SMILES string of the molecule is O=C(CCn1ccc2ccccc21)N1CCCC1. The Bertz CT molecular complexity index is 552. The Labute approximate surface area is 107 Å². The fourth-order valence-electron chi connectivity index (χ4n) is 2.68. The lowest BCUT2D eigenvalue weighted by atomic mass is 10.2. The highest BCUT2D eigenvalue weighted by Crippen LogP contribution is 2.16. The lowest BCUT2D eigenvalue weighted by Gasteiger charge is -2.15. The van der Waals surface area contributed by atoms with Gasteiger partial charge in [0.05, 0.1) is 0 Å². The summed E-state index contributed by atoms with van der Waals surface area (Å²) in [6.45, 7) is 2.68. The van der Waals surface area contributed by atoms with Gasteiger partial charge < -0.3 is 9.47 Å². The fourth-order valence-corrected chi connectivity index (χ4v) is 2.68. The van der Waals surface area contributed by atoms with Gasteiger partial charge in [-0.3, -0.25) is 4.79 Å². The Hall–Kier alpha value is -1.77. The van der Waals surface area contributed by atoms with E-state index in [4.69, 9.17) is 0 Å². The first-order valence-electron chi connectivity index (χ1n) is 6.66. The number of aryl methyl sites for hydroxylation is 1. The minimum atomic E-state index is 0.297. The van der Waals surface area contributed by atoms with Crippen LogP contribution in [0.4, 0.5) is 0 Å². The molecular formula is C15H18N2O. The third-order valence-corrected chi connectivity index (χ3v) is 3.71. The minimum absolute atomic E-state index is 0.297. The number of carbonyl (C=O) groups excluding carboxylic acids is 1. The van der Waals surface area contributed by atoms with E-state index in [-0.39, 0.29) is 0 Å². The van der Waals surface area contributed by atoms with Crippen LogP contribution < -0.4 is 0 Å². The van der Waals surface area contributed by atoms with Gasteiger partial charge in [-0.05, 0) is 30.4 Å². The molecule has 0 atom stereocenters. The van der Waals surface area contributed by atoms with Crippen molar-refractivity contribution in [2.75, 3.05) is 13.1 Å². The summed E-state index contributed by atoms with van der Waals surface area (Å²) in [6, 6.07) is 10.4. The summed E-state index contributed by atoms with van der Waals surface area (Å²) in [4.78, 5) is 14.0. The van der Waals surface area contributed by atoms with E-state index in [1.165, 1.54) is 10.9 Å².